The van der Waals surface area contributed by atoms with E-state index in [2.05, 4.69) is 102 Å². The van der Waals surface area contributed by atoms with Crippen molar-refractivity contribution in [3.8, 4) is 22.3 Å². The first-order valence-electron chi connectivity index (χ1n) is 10.2. The molecule has 2 bridgehead atoms. The summed E-state index contributed by atoms with van der Waals surface area (Å²) >= 11 is 0. The van der Waals surface area contributed by atoms with Crippen molar-refractivity contribution in [3.63, 3.8) is 0 Å². The van der Waals surface area contributed by atoms with Crippen molar-refractivity contribution >= 4 is 0 Å². The summed E-state index contributed by atoms with van der Waals surface area (Å²) in [6.45, 7) is 13.5. The molecular weight excluding hydrogens is 340 g/mol. The molecule has 0 unspecified atom stereocenters. The second kappa shape index (κ2) is 5.36. The standard InChI is InChI=1S/C27H28O/c1-25(2)20-15-14-17-16-19(20)24-22(25)12-9-13-23(24)27(5,6)28-26(3,4)21-11-8-7-10-18(17)21/h7-16H,1-6H3. The highest BCUT2D eigenvalue weighted by atomic mass is 16.5. The summed E-state index contributed by atoms with van der Waals surface area (Å²) in [5.41, 5.74) is 9.76. The second-order valence-corrected chi connectivity index (χ2v) is 9.78. The molecule has 2 aliphatic rings. The summed E-state index contributed by atoms with van der Waals surface area (Å²) in [5.74, 6) is 0. The maximum Gasteiger partial charge on any atom is 0.0893 e. The molecule has 5 rings (SSSR count). The Labute approximate surface area is 168 Å². The Balaban J connectivity index is 1.95. The van der Waals surface area contributed by atoms with E-state index in [0.717, 1.165) is 0 Å². The van der Waals surface area contributed by atoms with Crippen LogP contribution < -0.4 is 0 Å². The lowest BCUT2D eigenvalue weighted by Gasteiger charge is -2.39. The number of hydrogen-bond acceptors (Lipinski definition) is 1. The molecular formula is C27H28O. The highest BCUT2D eigenvalue weighted by Gasteiger charge is 2.42. The molecule has 0 N–H and O–H groups in total. The van der Waals surface area contributed by atoms with Crippen LogP contribution in [-0.4, -0.2) is 0 Å². The molecule has 1 heterocycles. The van der Waals surface area contributed by atoms with Gasteiger partial charge in [-0.3, -0.25) is 0 Å². The number of hydrogen-bond donors (Lipinski definition) is 0. The maximum absolute atomic E-state index is 6.89. The number of benzene rings is 3. The SMILES string of the molecule is CC1(C)OC(C)(C)c2cccc3c2-c2cc(ccc2C3(C)C)-c2ccccc21. The number of rotatable bonds is 0. The van der Waals surface area contributed by atoms with Crippen molar-refractivity contribution in [2.24, 2.45) is 0 Å². The Bertz CT molecular complexity index is 1110. The smallest absolute Gasteiger partial charge is 0.0893 e. The minimum Gasteiger partial charge on any atom is -0.360 e. The van der Waals surface area contributed by atoms with Crippen molar-refractivity contribution in [3.05, 3.63) is 82.9 Å². The van der Waals surface area contributed by atoms with Gasteiger partial charge in [0.15, 0.2) is 0 Å². The molecule has 142 valence electrons. The Morgan fingerprint density at radius 1 is 0.571 bits per heavy atom. The van der Waals surface area contributed by atoms with E-state index in [4.69, 9.17) is 4.74 Å². The summed E-state index contributed by atoms with van der Waals surface area (Å²) in [7, 11) is 0. The molecule has 0 atom stereocenters. The van der Waals surface area contributed by atoms with E-state index in [1.165, 1.54) is 44.5 Å². The molecule has 3 aromatic rings. The van der Waals surface area contributed by atoms with Crippen molar-refractivity contribution in [1.82, 2.24) is 0 Å². The van der Waals surface area contributed by atoms with E-state index in [1.807, 2.05) is 0 Å². The summed E-state index contributed by atoms with van der Waals surface area (Å²) in [6.07, 6.45) is 0. The number of fused-ring (bicyclic) bond motifs is 3. The molecule has 0 spiro atoms. The van der Waals surface area contributed by atoms with Crippen LogP contribution in [0.1, 0.15) is 63.8 Å². The van der Waals surface area contributed by atoms with Crippen molar-refractivity contribution in [2.75, 3.05) is 0 Å². The molecule has 1 heteroatoms. The molecule has 0 fully saturated rings. The van der Waals surface area contributed by atoms with E-state index in [-0.39, 0.29) is 5.41 Å². The Hall–Kier alpha value is -2.38. The average Bonchev–Trinajstić information content (AvgIpc) is 2.87. The van der Waals surface area contributed by atoms with Gasteiger partial charge in [0.1, 0.15) is 0 Å². The normalized spacial score (nSPS) is 19.8. The van der Waals surface area contributed by atoms with Gasteiger partial charge in [0.25, 0.3) is 0 Å². The molecule has 28 heavy (non-hydrogen) atoms. The van der Waals surface area contributed by atoms with Crippen molar-refractivity contribution in [2.45, 2.75) is 58.2 Å². The molecule has 1 aliphatic carbocycles. The van der Waals surface area contributed by atoms with Crippen molar-refractivity contribution in [1.29, 1.82) is 0 Å². The lowest BCUT2D eigenvalue weighted by Crippen LogP contribution is -2.34. The summed E-state index contributed by atoms with van der Waals surface area (Å²) < 4.78 is 6.89. The molecule has 0 saturated heterocycles. The molecule has 1 aliphatic heterocycles. The Kier molecular flexibility index (Phi) is 3.39. The lowest BCUT2D eigenvalue weighted by atomic mass is 9.81. The molecule has 3 aromatic carbocycles. The van der Waals surface area contributed by atoms with Gasteiger partial charge in [-0.1, -0.05) is 68.4 Å². The predicted octanol–water partition coefficient (Wildman–Crippen LogP) is 7.16. The predicted molar refractivity (Wildman–Crippen MR) is 117 cm³/mol. The summed E-state index contributed by atoms with van der Waals surface area (Å²) in [5, 5.41) is 0. The fraction of sp³-hybridized carbons (Fsp3) is 0.333. The van der Waals surface area contributed by atoms with Crippen LogP contribution >= 0.6 is 0 Å². The first kappa shape index (κ1) is 17.7. The highest BCUT2D eigenvalue weighted by Crippen LogP contribution is 2.54. The highest BCUT2D eigenvalue weighted by molar-refractivity contribution is 5.87. The Morgan fingerprint density at radius 2 is 1.21 bits per heavy atom. The van der Waals surface area contributed by atoms with Crippen LogP contribution in [0.4, 0.5) is 0 Å². The second-order valence-electron chi connectivity index (χ2n) is 9.78. The average molecular weight is 369 g/mol. The van der Waals surface area contributed by atoms with Gasteiger partial charge < -0.3 is 4.74 Å². The minimum absolute atomic E-state index is 0.00161. The molecule has 0 saturated carbocycles. The first-order chi connectivity index (χ1) is 13.1. The van der Waals surface area contributed by atoms with E-state index in [0.29, 0.717) is 0 Å². The van der Waals surface area contributed by atoms with Gasteiger partial charge in [0, 0.05) is 5.41 Å². The van der Waals surface area contributed by atoms with Crippen LogP contribution in [-0.2, 0) is 21.4 Å². The fourth-order valence-electron chi connectivity index (χ4n) is 5.48. The van der Waals surface area contributed by atoms with E-state index < -0.39 is 11.2 Å². The largest absolute Gasteiger partial charge is 0.360 e. The molecule has 0 radical (unpaired) electrons. The fourth-order valence-corrected chi connectivity index (χ4v) is 5.48. The van der Waals surface area contributed by atoms with Crippen LogP contribution in [0.2, 0.25) is 0 Å². The minimum atomic E-state index is -0.410. The maximum atomic E-state index is 6.89. The summed E-state index contributed by atoms with van der Waals surface area (Å²) in [4.78, 5) is 0. The van der Waals surface area contributed by atoms with Crippen LogP contribution in [0.5, 0.6) is 0 Å². The van der Waals surface area contributed by atoms with E-state index in [1.54, 1.807) is 0 Å². The quantitative estimate of drug-likeness (QED) is 0.409. The third kappa shape index (κ3) is 2.23. The van der Waals surface area contributed by atoms with Gasteiger partial charge in [-0.15, -0.1) is 0 Å². The molecule has 0 aromatic heterocycles. The Morgan fingerprint density at radius 3 is 2.00 bits per heavy atom. The van der Waals surface area contributed by atoms with Gasteiger partial charge in [0.2, 0.25) is 0 Å². The third-order valence-corrected chi connectivity index (χ3v) is 6.75. The lowest BCUT2D eigenvalue weighted by molar-refractivity contribution is -0.131. The van der Waals surface area contributed by atoms with Crippen LogP contribution in [0.3, 0.4) is 0 Å². The van der Waals surface area contributed by atoms with Gasteiger partial charge in [0.05, 0.1) is 11.2 Å². The van der Waals surface area contributed by atoms with Gasteiger partial charge in [-0.2, -0.15) is 0 Å². The molecule has 0 amide bonds. The van der Waals surface area contributed by atoms with E-state index in [9.17, 15) is 0 Å². The van der Waals surface area contributed by atoms with Gasteiger partial charge in [-0.05, 0) is 78.3 Å². The zero-order valence-electron chi connectivity index (χ0n) is 17.7. The zero-order chi connectivity index (χ0) is 19.9. The topological polar surface area (TPSA) is 9.23 Å². The third-order valence-electron chi connectivity index (χ3n) is 6.75. The molecule has 1 nitrogen and oxygen atoms in total. The first-order valence-corrected chi connectivity index (χ1v) is 10.2. The van der Waals surface area contributed by atoms with Gasteiger partial charge in [-0.25, -0.2) is 0 Å². The summed E-state index contributed by atoms with van der Waals surface area (Å²) in [6, 6.07) is 22.4. The van der Waals surface area contributed by atoms with E-state index >= 15 is 0 Å². The van der Waals surface area contributed by atoms with Crippen LogP contribution in [0.15, 0.2) is 60.7 Å². The zero-order valence-corrected chi connectivity index (χ0v) is 17.7. The van der Waals surface area contributed by atoms with Crippen LogP contribution in [0.25, 0.3) is 22.3 Å². The number of ether oxygens (including phenoxy) is 1. The van der Waals surface area contributed by atoms with Crippen molar-refractivity contribution < 1.29 is 4.74 Å². The monoisotopic (exact) mass is 368 g/mol. The van der Waals surface area contributed by atoms with Crippen LogP contribution in [0, 0.1) is 0 Å². The van der Waals surface area contributed by atoms with Gasteiger partial charge >= 0.3 is 0 Å².